The Hall–Kier alpha value is -0.370. The van der Waals surface area contributed by atoms with Gasteiger partial charge in [0.15, 0.2) is 9.84 Å². The molecule has 8 heteroatoms. The molecule has 21 heavy (non-hydrogen) atoms. The molecule has 0 spiro atoms. The van der Waals surface area contributed by atoms with Crippen LogP contribution in [0.5, 0.6) is 0 Å². The van der Waals surface area contributed by atoms with Crippen molar-refractivity contribution in [2.45, 2.75) is 44.0 Å². The molecule has 2 rings (SSSR count). The van der Waals surface area contributed by atoms with Gasteiger partial charge in [0.2, 0.25) is 5.91 Å². The van der Waals surface area contributed by atoms with Crippen molar-refractivity contribution < 1.29 is 17.9 Å². The molecule has 2 aliphatic heterocycles. The highest BCUT2D eigenvalue weighted by molar-refractivity contribution is 7.92. The second-order valence-electron chi connectivity index (χ2n) is 5.82. The van der Waals surface area contributed by atoms with Gasteiger partial charge >= 0.3 is 0 Å². The predicted octanol–water partition coefficient (Wildman–Crippen LogP) is 0.196. The van der Waals surface area contributed by atoms with Gasteiger partial charge in [-0.15, -0.1) is 12.4 Å². The molecule has 0 aromatic rings. The molecule has 0 aromatic carbocycles. The molecule has 3 atom stereocenters. The summed E-state index contributed by atoms with van der Waals surface area (Å²) in [5.74, 6) is 0.0496. The van der Waals surface area contributed by atoms with E-state index in [0.29, 0.717) is 13.2 Å². The molecule has 3 unspecified atom stereocenters. The summed E-state index contributed by atoms with van der Waals surface area (Å²) in [5.41, 5.74) is 6.10. The van der Waals surface area contributed by atoms with E-state index in [2.05, 4.69) is 0 Å². The van der Waals surface area contributed by atoms with Crippen molar-refractivity contribution in [1.82, 2.24) is 4.90 Å². The van der Waals surface area contributed by atoms with Crippen LogP contribution < -0.4 is 5.73 Å². The molecule has 0 radical (unpaired) electrons. The van der Waals surface area contributed by atoms with E-state index >= 15 is 0 Å². The maximum atomic E-state index is 12.5. The molecule has 0 saturated carbocycles. The molecule has 0 aromatic heterocycles. The summed E-state index contributed by atoms with van der Waals surface area (Å²) in [5, 5.41) is -0.526. The zero-order valence-corrected chi connectivity index (χ0v) is 14.2. The summed E-state index contributed by atoms with van der Waals surface area (Å²) in [6.07, 6.45) is 1.59. The first-order chi connectivity index (χ1) is 9.34. The van der Waals surface area contributed by atoms with E-state index in [4.69, 9.17) is 10.5 Å². The van der Waals surface area contributed by atoms with Crippen LogP contribution in [0.4, 0.5) is 0 Å². The Balaban J connectivity index is 0.00000220. The fraction of sp³-hybridized carbons (Fsp3) is 0.923. The predicted molar refractivity (Wildman–Crippen MR) is 83.2 cm³/mol. The number of carbonyl (C=O) groups is 1. The highest BCUT2D eigenvalue weighted by Crippen LogP contribution is 2.23. The third-order valence-corrected chi connectivity index (χ3v) is 6.97. The van der Waals surface area contributed by atoms with E-state index in [1.807, 2.05) is 0 Å². The lowest BCUT2D eigenvalue weighted by Gasteiger charge is -2.40. The lowest BCUT2D eigenvalue weighted by Crippen LogP contribution is -2.59. The molecular weight excluding hydrogens is 316 g/mol. The number of hydrogen-bond donors (Lipinski definition) is 1. The Morgan fingerprint density at radius 3 is 2.43 bits per heavy atom. The third kappa shape index (κ3) is 3.88. The van der Waals surface area contributed by atoms with E-state index < -0.39 is 21.1 Å². The number of amides is 1. The average Bonchev–Trinajstić information content (AvgIpc) is 2.44. The van der Waals surface area contributed by atoms with Crippen LogP contribution in [0, 0.1) is 5.92 Å². The lowest BCUT2D eigenvalue weighted by atomic mass is 9.91. The van der Waals surface area contributed by atoms with Gasteiger partial charge in [0.05, 0.1) is 17.0 Å². The highest BCUT2D eigenvalue weighted by atomic mass is 35.5. The number of rotatable bonds is 2. The van der Waals surface area contributed by atoms with Gasteiger partial charge in [0, 0.05) is 25.8 Å². The molecule has 124 valence electrons. The number of hydrogen-bond acceptors (Lipinski definition) is 5. The van der Waals surface area contributed by atoms with Crippen LogP contribution >= 0.6 is 12.4 Å². The van der Waals surface area contributed by atoms with E-state index in [9.17, 15) is 13.2 Å². The van der Waals surface area contributed by atoms with Gasteiger partial charge in [-0.25, -0.2) is 8.42 Å². The topological polar surface area (TPSA) is 89.7 Å². The average molecular weight is 341 g/mol. The monoisotopic (exact) mass is 340 g/mol. The van der Waals surface area contributed by atoms with Crippen LogP contribution in [0.25, 0.3) is 0 Å². The molecule has 1 amide bonds. The molecule has 2 fully saturated rings. The zero-order valence-electron chi connectivity index (χ0n) is 12.5. The van der Waals surface area contributed by atoms with Crippen molar-refractivity contribution in [2.24, 2.45) is 11.7 Å². The van der Waals surface area contributed by atoms with Crippen LogP contribution in [-0.4, -0.2) is 62.1 Å². The highest BCUT2D eigenvalue weighted by Gasteiger charge is 2.40. The molecule has 2 heterocycles. The van der Waals surface area contributed by atoms with Crippen LogP contribution in [0.1, 0.15) is 26.7 Å². The van der Waals surface area contributed by atoms with E-state index in [1.54, 1.807) is 18.7 Å². The summed E-state index contributed by atoms with van der Waals surface area (Å²) in [6, 6.07) is -0.860. The maximum absolute atomic E-state index is 12.5. The Kier molecular flexibility index (Phi) is 6.46. The van der Waals surface area contributed by atoms with Crippen LogP contribution in [0.2, 0.25) is 0 Å². The van der Waals surface area contributed by atoms with Crippen molar-refractivity contribution in [2.75, 3.05) is 25.5 Å². The first-order valence-corrected chi connectivity index (χ1v) is 8.91. The number of nitrogens with two attached hydrogens (primary N) is 1. The Labute approximate surface area is 132 Å². The Bertz CT molecular complexity index is 465. The van der Waals surface area contributed by atoms with Crippen molar-refractivity contribution in [3.05, 3.63) is 0 Å². The van der Waals surface area contributed by atoms with Gasteiger partial charge in [-0.2, -0.15) is 0 Å². The number of nitrogens with zero attached hydrogens (tertiary/aromatic N) is 1. The van der Waals surface area contributed by atoms with Crippen molar-refractivity contribution in [1.29, 1.82) is 0 Å². The normalized spacial score (nSPS) is 31.3. The van der Waals surface area contributed by atoms with Crippen molar-refractivity contribution >= 4 is 28.2 Å². The van der Waals surface area contributed by atoms with Gasteiger partial charge in [-0.05, 0) is 32.6 Å². The third-order valence-electron chi connectivity index (χ3n) is 4.70. The van der Waals surface area contributed by atoms with Crippen molar-refractivity contribution in [3.8, 4) is 0 Å². The summed E-state index contributed by atoms with van der Waals surface area (Å²) in [6.45, 7) is 5.00. The van der Waals surface area contributed by atoms with Crippen LogP contribution in [0.3, 0.4) is 0 Å². The van der Waals surface area contributed by atoms with E-state index in [1.165, 1.54) is 0 Å². The first kappa shape index (κ1) is 18.7. The van der Waals surface area contributed by atoms with Gasteiger partial charge in [-0.3, -0.25) is 4.79 Å². The minimum Gasteiger partial charge on any atom is -0.381 e. The number of sulfone groups is 1. The summed E-state index contributed by atoms with van der Waals surface area (Å²) >= 11 is 0. The fourth-order valence-electron chi connectivity index (χ4n) is 2.95. The smallest absolute Gasteiger partial charge is 0.240 e. The van der Waals surface area contributed by atoms with Crippen LogP contribution in [0.15, 0.2) is 0 Å². The zero-order chi connectivity index (χ0) is 14.9. The molecule has 2 saturated heterocycles. The standard InChI is InChI=1S/C13H24N2O4S.ClH/c1-9-10(2)20(17,18)8-5-15(9)13(16)12(14)11-3-6-19-7-4-11;/h9-12H,3-8,14H2,1-2H3;1H. The largest absolute Gasteiger partial charge is 0.381 e. The number of halogens is 1. The quantitative estimate of drug-likeness (QED) is 0.775. The molecular formula is C13H25ClN2O4S. The van der Waals surface area contributed by atoms with Crippen molar-refractivity contribution in [3.63, 3.8) is 0 Å². The van der Waals surface area contributed by atoms with Gasteiger partial charge in [0.25, 0.3) is 0 Å². The number of carbonyl (C=O) groups excluding carboxylic acids is 1. The summed E-state index contributed by atoms with van der Waals surface area (Å²) in [4.78, 5) is 14.2. The first-order valence-electron chi connectivity index (χ1n) is 7.20. The minimum atomic E-state index is -3.08. The van der Waals surface area contributed by atoms with Crippen LogP contribution in [-0.2, 0) is 19.4 Å². The van der Waals surface area contributed by atoms with Gasteiger partial charge in [-0.1, -0.05) is 0 Å². The molecule has 2 aliphatic rings. The van der Waals surface area contributed by atoms with E-state index in [0.717, 1.165) is 12.8 Å². The lowest BCUT2D eigenvalue weighted by molar-refractivity contribution is -0.136. The summed E-state index contributed by atoms with van der Waals surface area (Å²) in [7, 11) is -3.08. The number of ether oxygens (including phenoxy) is 1. The van der Waals surface area contributed by atoms with Gasteiger partial charge < -0.3 is 15.4 Å². The fourth-order valence-corrected chi connectivity index (χ4v) is 4.52. The minimum absolute atomic E-state index is 0. The van der Waals surface area contributed by atoms with Gasteiger partial charge in [0.1, 0.15) is 0 Å². The Morgan fingerprint density at radius 2 is 1.86 bits per heavy atom. The SMILES string of the molecule is CC1C(C)S(=O)(=O)CCN1C(=O)C(N)C1CCOCC1.Cl. The second-order valence-corrected chi connectivity index (χ2v) is 8.30. The molecule has 6 nitrogen and oxygen atoms in total. The second kappa shape index (κ2) is 7.26. The molecule has 0 aliphatic carbocycles. The Morgan fingerprint density at radius 1 is 1.29 bits per heavy atom. The maximum Gasteiger partial charge on any atom is 0.240 e. The van der Waals surface area contributed by atoms with E-state index in [-0.39, 0.29) is 42.6 Å². The molecule has 2 N–H and O–H groups in total. The summed E-state index contributed by atoms with van der Waals surface area (Å²) < 4.78 is 29.0. The molecule has 0 bridgehead atoms.